The molecule has 0 aromatic heterocycles. The molecule has 0 spiro atoms. The molecule has 1 heterocycles. The molecule has 32 heavy (non-hydrogen) atoms. The maximum Gasteiger partial charge on any atom is 0.243 e. The normalized spacial score (nSPS) is 16.6. The summed E-state index contributed by atoms with van der Waals surface area (Å²) in [7, 11) is -2.20. The summed E-state index contributed by atoms with van der Waals surface area (Å²) in [4.78, 5) is 13.0. The first-order valence-electron chi connectivity index (χ1n) is 10.8. The molecule has 0 unspecified atom stereocenters. The maximum atomic E-state index is 13.0. The van der Waals surface area contributed by atoms with Gasteiger partial charge in [0, 0.05) is 19.0 Å². The van der Waals surface area contributed by atoms with Gasteiger partial charge in [-0.25, -0.2) is 8.42 Å². The summed E-state index contributed by atoms with van der Waals surface area (Å²) < 4.78 is 32.5. The van der Waals surface area contributed by atoms with E-state index >= 15 is 0 Å². The van der Waals surface area contributed by atoms with Gasteiger partial charge in [-0.1, -0.05) is 23.7 Å². The van der Waals surface area contributed by atoms with E-state index < -0.39 is 10.0 Å². The van der Waals surface area contributed by atoms with E-state index in [-0.39, 0.29) is 27.8 Å². The van der Waals surface area contributed by atoms with Gasteiger partial charge in [-0.2, -0.15) is 4.31 Å². The molecule has 8 heteroatoms. The first-order valence-corrected chi connectivity index (χ1v) is 12.6. The summed E-state index contributed by atoms with van der Waals surface area (Å²) in [6.07, 6.45) is 0.959. The number of nitrogens with zero attached hydrogens (tertiary/aromatic N) is 1. The molecule has 1 saturated heterocycles. The minimum absolute atomic E-state index is 0.0281. The second kappa shape index (κ2) is 9.81. The van der Waals surface area contributed by atoms with E-state index in [4.69, 9.17) is 16.3 Å². The van der Waals surface area contributed by atoms with Crippen molar-refractivity contribution in [3.63, 3.8) is 0 Å². The summed E-state index contributed by atoms with van der Waals surface area (Å²) in [6.45, 7) is 8.78. The zero-order valence-electron chi connectivity index (χ0n) is 19.2. The fourth-order valence-electron chi connectivity index (χ4n) is 4.17. The molecular formula is C24H31ClN2O4S. The highest BCUT2D eigenvalue weighted by atomic mass is 35.5. The van der Waals surface area contributed by atoms with Crippen molar-refractivity contribution in [3.8, 4) is 5.75 Å². The van der Waals surface area contributed by atoms with Crippen LogP contribution in [0.3, 0.4) is 0 Å². The van der Waals surface area contributed by atoms with E-state index in [0.717, 1.165) is 11.1 Å². The van der Waals surface area contributed by atoms with Gasteiger partial charge in [0.2, 0.25) is 15.9 Å². The number of carbonyl (C=O) groups is 1. The van der Waals surface area contributed by atoms with Crippen molar-refractivity contribution in [3.05, 3.63) is 57.6 Å². The number of nitrogens with one attached hydrogen (secondary N) is 1. The summed E-state index contributed by atoms with van der Waals surface area (Å²) in [5.74, 6) is 0.184. The van der Waals surface area contributed by atoms with Crippen molar-refractivity contribution in [1.82, 2.24) is 9.62 Å². The van der Waals surface area contributed by atoms with E-state index in [9.17, 15) is 13.2 Å². The van der Waals surface area contributed by atoms with Crippen LogP contribution in [0.4, 0.5) is 0 Å². The molecule has 3 rings (SSSR count). The zero-order chi connectivity index (χ0) is 23.6. The third-order valence-electron chi connectivity index (χ3n) is 6.29. The minimum Gasteiger partial charge on any atom is -0.495 e. The van der Waals surface area contributed by atoms with Gasteiger partial charge in [-0.3, -0.25) is 4.79 Å². The topological polar surface area (TPSA) is 75.7 Å². The third kappa shape index (κ3) is 5.11. The van der Waals surface area contributed by atoms with E-state index in [1.807, 2.05) is 6.92 Å². The van der Waals surface area contributed by atoms with Crippen molar-refractivity contribution in [2.24, 2.45) is 5.92 Å². The smallest absolute Gasteiger partial charge is 0.243 e. The van der Waals surface area contributed by atoms with Crippen molar-refractivity contribution in [2.45, 2.75) is 51.5 Å². The predicted molar refractivity (Wildman–Crippen MR) is 127 cm³/mol. The highest BCUT2D eigenvalue weighted by molar-refractivity contribution is 7.89. The van der Waals surface area contributed by atoms with E-state index in [2.05, 4.69) is 38.2 Å². The average molecular weight is 479 g/mol. The standard InChI is InChI=1S/C24H31ClN2O4S/c1-15-12-17(3)21(13-16(15)2)18(4)26-24(28)19-8-10-27(11-9-19)32(29,30)20-6-7-23(31-5)22(25)14-20/h6-7,12-14,18-19H,8-11H2,1-5H3,(H,26,28)/t18-/m1/s1. The molecule has 0 aliphatic carbocycles. The number of sulfonamides is 1. The van der Waals surface area contributed by atoms with E-state index in [1.165, 1.54) is 34.7 Å². The fraction of sp³-hybridized carbons (Fsp3) is 0.458. The summed E-state index contributed by atoms with van der Waals surface area (Å²) >= 11 is 6.11. The van der Waals surface area contributed by atoms with Gasteiger partial charge in [-0.15, -0.1) is 0 Å². The Morgan fingerprint density at radius 3 is 2.31 bits per heavy atom. The molecule has 1 N–H and O–H groups in total. The molecule has 2 aromatic rings. The number of piperidine rings is 1. The highest BCUT2D eigenvalue weighted by Crippen LogP contribution is 2.30. The van der Waals surface area contributed by atoms with E-state index in [0.29, 0.717) is 31.7 Å². The Balaban J connectivity index is 1.63. The zero-order valence-corrected chi connectivity index (χ0v) is 20.8. The van der Waals surface area contributed by atoms with Crippen molar-refractivity contribution < 1.29 is 17.9 Å². The number of ether oxygens (including phenoxy) is 1. The second-order valence-electron chi connectivity index (χ2n) is 8.50. The fourth-order valence-corrected chi connectivity index (χ4v) is 5.99. The molecule has 1 aliphatic heterocycles. The summed E-state index contributed by atoms with van der Waals surface area (Å²) in [5, 5.41) is 3.37. The molecule has 0 bridgehead atoms. The van der Waals surface area contributed by atoms with Gasteiger partial charge >= 0.3 is 0 Å². The molecule has 174 valence electrons. The van der Waals surface area contributed by atoms with Gasteiger partial charge < -0.3 is 10.1 Å². The van der Waals surface area contributed by atoms with Crippen LogP contribution < -0.4 is 10.1 Å². The third-order valence-corrected chi connectivity index (χ3v) is 8.48. The molecule has 6 nitrogen and oxygen atoms in total. The van der Waals surface area contributed by atoms with Crippen LogP contribution in [0.1, 0.15) is 48.1 Å². The average Bonchev–Trinajstić information content (AvgIpc) is 2.76. The van der Waals surface area contributed by atoms with Crippen LogP contribution in [0.15, 0.2) is 35.2 Å². The number of amides is 1. The second-order valence-corrected chi connectivity index (χ2v) is 10.8. The molecular weight excluding hydrogens is 448 g/mol. The Morgan fingerprint density at radius 1 is 1.09 bits per heavy atom. The molecule has 0 radical (unpaired) electrons. The molecule has 1 fully saturated rings. The van der Waals surface area contributed by atoms with Gasteiger partial charge in [0.15, 0.2) is 0 Å². The highest BCUT2D eigenvalue weighted by Gasteiger charge is 2.33. The number of benzene rings is 2. The summed E-state index contributed by atoms with van der Waals surface area (Å²) in [6, 6.07) is 8.61. The van der Waals surface area contributed by atoms with Crippen molar-refractivity contribution in [1.29, 1.82) is 0 Å². The van der Waals surface area contributed by atoms with Crippen LogP contribution >= 0.6 is 11.6 Å². The lowest BCUT2D eigenvalue weighted by Crippen LogP contribution is -2.43. The van der Waals surface area contributed by atoms with Crippen LogP contribution in [0, 0.1) is 26.7 Å². The number of carbonyl (C=O) groups excluding carboxylic acids is 1. The number of methoxy groups -OCH3 is 1. The molecule has 1 atom stereocenters. The van der Waals surface area contributed by atoms with Crippen LogP contribution in [0.25, 0.3) is 0 Å². The SMILES string of the molecule is COc1ccc(S(=O)(=O)N2CCC(C(=O)N[C@H](C)c3cc(C)c(C)cc3C)CC2)cc1Cl. The Hall–Kier alpha value is -2.09. The first-order chi connectivity index (χ1) is 15.0. The lowest BCUT2D eigenvalue weighted by molar-refractivity contribution is -0.126. The Morgan fingerprint density at radius 2 is 1.72 bits per heavy atom. The Kier molecular flexibility index (Phi) is 7.53. The van der Waals surface area contributed by atoms with Gasteiger partial charge in [0.25, 0.3) is 0 Å². The number of rotatable bonds is 6. The Labute approximate surface area is 196 Å². The van der Waals surface area contributed by atoms with Crippen LogP contribution in [-0.4, -0.2) is 38.8 Å². The van der Waals surface area contributed by atoms with Crippen LogP contribution in [0.2, 0.25) is 5.02 Å². The number of hydrogen-bond donors (Lipinski definition) is 1. The van der Waals surface area contributed by atoms with Gasteiger partial charge in [-0.05, 0) is 81.0 Å². The predicted octanol–water partition coefficient (Wildman–Crippen LogP) is 4.55. The monoisotopic (exact) mass is 478 g/mol. The van der Waals surface area contributed by atoms with Crippen LogP contribution in [0.5, 0.6) is 5.75 Å². The van der Waals surface area contributed by atoms with Crippen molar-refractivity contribution >= 4 is 27.5 Å². The number of aryl methyl sites for hydroxylation is 3. The molecule has 2 aromatic carbocycles. The van der Waals surface area contributed by atoms with E-state index in [1.54, 1.807) is 6.07 Å². The number of hydrogen-bond acceptors (Lipinski definition) is 4. The lowest BCUT2D eigenvalue weighted by Gasteiger charge is -2.31. The maximum absolute atomic E-state index is 13.0. The largest absolute Gasteiger partial charge is 0.495 e. The van der Waals surface area contributed by atoms with Crippen LogP contribution in [-0.2, 0) is 14.8 Å². The molecule has 1 amide bonds. The summed E-state index contributed by atoms with van der Waals surface area (Å²) in [5.41, 5.74) is 4.69. The first kappa shape index (κ1) is 24.6. The minimum atomic E-state index is -3.68. The van der Waals surface area contributed by atoms with Crippen molar-refractivity contribution in [2.75, 3.05) is 20.2 Å². The number of halogens is 1. The Bertz CT molecular complexity index is 1110. The van der Waals surface area contributed by atoms with Gasteiger partial charge in [0.1, 0.15) is 5.75 Å². The lowest BCUT2D eigenvalue weighted by atomic mass is 9.94. The quantitative estimate of drug-likeness (QED) is 0.660. The molecule has 0 saturated carbocycles. The van der Waals surface area contributed by atoms with Gasteiger partial charge in [0.05, 0.1) is 23.1 Å². The molecule has 1 aliphatic rings.